The van der Waals surface area contributed by atoms with E-state index in [-0.39, 0.29) is 10.7 Å². The van der Waals surface area contributed by atoms with Crippen LogP contribution in [0.5, 0.6) is 0 Å². The maximum atomic E-state index is 12.3. The van der Waals surface area contributed by atoms with Crippen molar-refractivity contribution in [3.63, 3.8) is 0 Å². The van der Waals surface area contributed by atoms with Crippen molar-refractivity contribution in [1.29, 1.82) is 0 Å². The maximum absolute atomic E-state index is 12.3. The fourth-order valence-electron chi connectivity index (χ4n) is 2.29. The molecule has 0 bridgehead atoms. The van der Waals surface area contributed by atoms with Gasteiger partial charge in [0.25, 0.3) is 0 Å². The summed E-state index contributed by atoms with van der Waals surface area (Å²) in [7, 11) is -2.97. The second kappa shape index (κ2) is 2.73. The predicted octanol–water partition coefficient (Wildman–Crippen LogP) is 1.38. The number of rotatable bonds is 2. The van der Waals surface area contributed by atoms with E-state index >= 15 is 0 Å². The molecule has 0 radical (unpaired) electrons. The van der Waals surface area contributed by atoms with Gasteiger partial charge in [-0.25, -0.2) is 8.42 Å². The molecule has 0 spiro atoms. The van der Waals surface area contributed by atoms with Crippen LogP contribution in [0.3, 0.4) is 0 Å². The third kappa shape index (κ3) is 1.16. The monoisotopic (exact) mass is 218 g/mol. The smallest absolute Gasteiger partial charge is 0.163 e. The van der Waals surface area contributed by atoms with E-state index in [1.165, 1.54) is 0 Å². The van der Waals surface area contributed by atoms with Crippen LogP contribution in [0.2, 0.25) is 0 Å². The molecular formula is C10H18O3S. The third-order valence-electron chi connectivity index (χ3n) is 3.66. The predicted molar refractivity (Wildman–Crippen MR) is 54.9 cm³/mol. The Balaban J connectivity index is 2.30. The zero-order valence-corrected chi connectivity index (χ0v) is 9.86. The molecule has 1 aliphatic heterocycles. The molecule has 1 heterocycles. The minimum absolute atomic E-state index is 0.137. The Labute approximate surface area is 85.8 Å². The van der Waals surface area contributed by atoms with E-state index in [0.29, 0.717) is 13.2 Å². The van der Waals surface area contributed by atoms with Crippen molar-refractivity contribution in [2.75, 3.05) is 13.2 Å². The van der Waals surface area contributed by atoms with Gasteiger partial charge < -0.3 is 4.74 Å². The van der Waals surface area contributed by atoms with Crippen molar-refractivity contribution >= 4 is 9.84 Å². The minimum atomic E-state index is -2.97. The quantitative estimate of drug-likeness (QED) is 0.703. The first kappa shape index (κ1) is 10.4. The zero-order valence-electron chi connectivity index (χ0n) is 9.04. The molecule has 1 saturated heterocycles. The molecule has 2 aliphatic rings. The van der Waals surface area contributed by atoms with Crippen molar-refractivity contribution < 1.29 is 13.2 Å². The highest BCUT2D eigenvalue weighted by Gasteiger charge is 2.64. The highest BCUT2D eigenvalue weighted by molar-refractivity contribution is 7.93. The summed E-state index contributed by atoms with van der Waals surface area (Å²) in [5, 5.41) is -0.232. The molecule has 2 fully saturated rings. The van der Waals surface area contributed by atoms with Crippen LogP contribution in [-0.2, 0) is 14.6 Å². The van der Waals surface area contributed by atoms with E-state index in [9.17, 15) is 8.42 Å². The SMILES string of the molecule is CC(C)(C)C1(S(=O)(=O)C2COC2)CC1. The molecule has 0 amide bonds. The third-order valence-corrected chi connectivity index (χ3v) is 6.92. The van der Waals surface area contributed by atoms with E-state index in [4.69, 9.17) is 4.74 Å². The van der Waals surface area contributed by atoms with Gasteiger partial charge in [-0.15, -0.1) is 0 Å². The molecular weight excluding hydrogens is 200 g/mol. The van der Waals surface area contributed by atoms with Crippen molar-refractivity contribution in [1.82, 2.24) is 0 Å². The largest absolute Gasteiger partial charge is 0.379 e. The van der Waals surface area contributed by atoms with Gasteiger partial charge in [-0.05, 0) is 18.3 Å². The first-order chi connectivity index (χ1) is 6.31. The number of hydrogen-bond donors (Lipinski definition) is 0. The van der Waals surface area contributed by atoms with Gasteiger partial charge in [-0.1, -0.05) is 20.8 Å². The summed E-state index contributed by atoms with van der Waals surface area (Å²) in [5.74, 6) is 0. The molecule has 1 saturated carbocycles. The Morgan fingerprint density at radius 1 is 1.21 bits per heavy atom. The topological polar surface area (TPSA) is 43.4 Å². The molecule has 2 rings (SSSR count). The summed E-state index contributed by atoms with van der Waals surface area (Å²) in [6.07, 6.45) is 1.66. The first-order valence-electron chi connectivity index (χ1n) is 5.12. The summed E-state index contributed by atoms with van der Waals surface area (Å²) < 4.78 is 29.1. The van der Waals surface area contributed by atoms with E-state index in [1.54, 1.807) is 0 Å². The highest BCUT2D eigenvalue weighted by Crippen LogP contribution is 2.57. The second-order valence-corrected chi connectivity index (χ2v) is 7.99. The lowest BCUT2D eigenvalue weighted by Crippen LogP contribution is -2.50. The molecule has 0 N–H and O–H groups in total. The van der Waals surface area contributed by atoms with Crippen LogP contribution in [-0.4, -0.2) is 31.6 Å². The Hall–Kier alpha value is -0.0900. The first-order valence-corrected chi connectivity index (χ1v) is 6.67. The molecule has 14 heavy (non-hydrogen) atoms. The van der Waals surface area contributed by atoms with Crippen LogP contribution in [0.4, 0.5) is 0 Å². The minimum Gasteiger partial charge on any atom is -0.379 e. The normalized spacial score (nSPS) is 27.1. The van der Waals surface area contributed by atoms with Crippen LogP contribution < -0.4 is 0 Å². The summed E-state index contributed by atoms with van der Waals surface area (Å²) in [5.41, 5.74) is -0.137. The van der Waals surface area contributed by atoms with E-state index in [2.05, 4.69) is 0 Å². The van der Waals surface area contributed by atoms with Gasteiger partial charge in [0.1, 0.15) is 5.25 Å². The van der Waals surface area contributed by atoms with Gasteiger partial charge in [0.2, 0.25) is 0 Å². The standard InChI is InChI=1S/C10H18O3S/c1-9(2,3)10(4-5-10)14(11,12)8-6-13-7-8/h8H,4-7H2,1-3H3. The highest BCUT2D eigenvalue weighted by atomic mass is 32.2. The van der Waals surface area contributed by atoms with Crippen LogP contribution in [0.25, 0.3) is 0 Å². The molecule has 0 aromatic heterocycles. The summed E-state index contributed by atoms with van der Waals surface area (Å²) >= 11 is 0. The fraction of sp³-hybridized carbons (Fsp3) is 1.00. The van der Waals surface area contributed by atoms with Gasteiger partial charge in [-0.3, -0.25) is 0 Å². The average Bonchev–Trinajstić information content (AvgIpc) is 2.54. The Kier molecular flexibility index (Phi) is 2.03. The lowest BCUT2D eigenvalue weighted by molar-refractivity contribution is 0.0404. The Morgan fingerprint density at radius 2 is 1.71 bits per heavy atom. The van der Waals surface area contributed by atoms with E-state index in [1.807, 2.05) is 20.8 Å². The number of sulfone groups is 1. The van der Waals surface area contributed by atoms with Gasteiger partial charge in [0.05, 0.1) is 18.0 Å². The lowest BCUT2D eigenvalue weighted by Gasteiger charge is -2.36. The molecule has 4 heteroatoms. The van der Waals surface area contributed by atoms with Gasteiger partial charge in [-0.2, -0.15) is 0 Å². The average molecular weight is 218 g/mol. The van der Waals surface area contributed by atoms with Crippen molar-refractivity contribution in [2.45, 2.75) is 43.6 Å². The molecule has 0 aromatic rings. The molecule has 3 nitrogen and oxygen atoms in total. The molecule has 0 unspecified atom stereocenters. The van der Waals surface area contributed by atoms with Crippen molar-refractivity contribution in [2.24, 2.45) is 5.41 Å². The van der Waals surface area contributed by atoms with E-state index in [0.717, 1.165) is 12.8 Å². The van der Waals surface area contributed by atoms with E-state index < -0.39 is 14.6 Å². The van der Waals surface area contributed by atoms with Crippen LogP contribution >= 0.6 is 0 Å². The van der Waals surface area contributed by atoms with Gasteiger partial charge in [0.15, 0.2) is 9.84 Å². The lowest BCUT2D eigenvalue weighted by atomic mass is 9.90. The summed E-state index contributed by atoms with van der Waals surface area (Å²) in [6.45, 7) is 6.88. The Bertz CT molecular complexity index is 329. The number of hydrogen-bond acceptors (Lipinski definition) is 3. The van der Waals surface area contributed by atoms with Gasteiger partial charge >= 0.3 is 0 Å². The maximum Gasteiger partial charge on any atom is 0.163 e. The van der Waals surface area contributed by atoms with Crippen LogP contribution in [0, 0.1) is 5.41 Å². The summed E-state index contributed by atoms with van der Waals surface area (Å²) in [6, 6.07) is 0. The summed E-state index contributed by atoms with van der Waals surface area (Å²) in [4.78, 5) is 0. The number of ether oxygens (including phenoxy) is 1. The molecule has 0 aromatic carbocycles. The molecule has 82 valence electrons. The zero-order chi connectivity index (χ0) is 10.6. The van der Waals surface area contributed by atoms with Crippen molar-refractivity contribution in [3.05, 3.63) is 0 Å². The molecule has 1 aliphatic carbocycles. The van der Waals surface area contributed by atoms with Crippen LogP contribution in [0.15, 0.2) is 0 Å². The Morgan fingerprint density at radius 3 is 1.93 bits per heavy atom. The molecule has 0 atom stereocenters. The van der Waals surface area contributed by atoms with Crippen LogP contribution in [0.1, 0.15) is 33.6 Å². The van der Waals surface area contributed by atoms with Gasteiger partial charge in [0, 0.05) is 0 Å². The van der Waals surface area contributed by atoms with Crippen molar-refractivity contribution in [3.8, 4) is 0 Å². The fourth-order valence-corrected chi connectivity index (χ4v) is 5.00. The second-order valence-electron chi connectivity index (χ2n) is 5.45.